The van der Waals surface area contributed by atoms with E-state index in [0.717, 1.165) is 22.4 Å². The molecule has 0 aromatic heterocycles. The van der Waals surface area contributed by atoms with Crippen molar-refractivity contribution >= 4 is 11.0 Å². The largest absolute Gasteiger partial charge is 0.395 e. The number of hydrogen-bond donors (Lipinski definition) is 3. The van der Waals surface area contributed by atoms with Crippen LogP contribution in [0.15, 0.2) is 59.5 Å². The molecule has 0 aliphatic rings. The van der Waals surface area contributed by atoms with Crippen molar-refractivity contribution in [2.45, 2.75) is 43.8 Å². The van der Waals surface area contributed by atoms with Crippen LogP contribution in [-0.2, 0) is 17.5 Å². The summed E-state index contributed by atoms with van der Waals surface area (Å²) in [5, 5.41) is 13.1. The standard InChI is InChI=1S/C19H26N2O2S/c1-3-18(21-24(23)17-11-9-15(2)10-12-17)19(14-22)20-13-16-7-5-4-6-8-16/h4-12,18-22H,3,13-14H2,1-2H3/t18-,19-,24+/m1/s1. The highest BCUT2D eigenvalue weighted by Crippen LogP contribution is 2.10. The fourth-order valence-corrected chi connectivity index (χ4v) is 3.62. The van der Waals surface area contributed by atoms with Crippen LogP contribution in [0, 0.1) is 6.92 Å². The number of aryl methyl sites for hydroxylation is 1. The summed E-state index contributed by atoms with van der Waals surface area (Å²) in [4.78, 5) is 0.749. The van der Waals surface area contributed by atoms with E-state index in [1.54, 1.807) is 0 Å². The topological polar surface area (TPSA) is 61.4 Å². The van der Waals surface area contributed by atoms with E-state index >= 15 is 0 Å². The van der Waals surface area contributed by atoms with E-state index in [-0.39, 0.29) is 18.7 Å². The van der Waals surface area contributed by atoms with Gasteiger partial charge in [0, 0.05) is 18.6 Å². The van der Waals surface area contributed by atoms with Crippen LogP contribution in [-0.4, -0.2) is 28.0 Å². The summed E-state index contributed by atoms with van der Waals surface area (Å²) < 4.78 is 15.6. The summed E-state index contributed by atoms with van der Waals surface area (Å²) in [6.07, 6.45) is 0.768. The fourth-order valence-electron chi connectivity index (χ4n) is 2.50. The Hall–Kier alpha value is -1.53. The summed E-state index contributed by atoms with van der Waals surface area (Å²) in [6.45, 7) is 4.69. The number of aliphatic hydroxyl groups excluding tert-OH is 1. The predicted molar refractivity (Wildman–Crippen MR) is 99.0 cm³/mol. The maximum absolute atomic E-state index is 12.5. The first-order valence-corrected chi connectivity index (χ1v) is 9.41. The van der Waals surface area contributed by atoms with Crippen LogP contribution in [0.25, 0.3) is 0 Å². The Morgan fingerprint density at radius 3 is 2.29 bits per heavy atom. The Balaban J connectivity index is 1.96. The number of benzene rings is 2. The quantitative estimate of drug-likeness (QED) is 0.654. The summed E-state index contributed by atoms with van der Waals surface area (Å²) in [7, 11) is -1.29. The van der Waals surface area contributed by atoms with Crippen molar-refractivity contribution in [3.05, 3.63) is 65.7 Å². The molecule has 5 heteroatoms. The summed E-state index contributed by atoms with van der Waals surface area (Å²) in [5.74, 6) is 0. The average Bonchev–Trinajstić information content (AvgIpc) is 2.62. The third kappa shape index (κ3) is 5.53. The van der Waals surface area contributed by atoms with Gasteiger partial charge >= 0.3 is 0 Å². The van der Waals surface area contributed by atoms with Crippen LogP contribution < -0.4 is 10.0 Å². The molecule has 0 saturated carbocycles. The maximum atomic E-state index is 12.5. The predicted octanol–water partition coefficient (Wildman–Crippen LogP) is 2.54. The van der Waals surface area contributed by atoms with Crippen molar-refractivity contribution in [2.24, 2.45) is 0 Å². The Bertz CT molecular complexity index is 632. The normalized spacial score (nSPS) is 15.0. The van der Waals surface area contributed by atoms with Gasteiger partial charge in [-0.2, -0.15) is 0 Å². The van der Waals surface area contributed by atoms with E-state index in [1.807, 2.05) is 68.4 Å². The van der Waals surface area contributed by atoms with E-state index in [4.69, 9.17) is 0 Å². The highest BCUT2D eigenvalue weighted by Gasteiger charge is 2.21. The van der Waals surface area contributed by atoms with Crippen LogP contribution in [0.2, 0.25) is 0 Å². The third-order valence-electron chi connectivity index (χ3n) is 4.03. The zero-order valence-electron chi connectivity index (χ0n) is 14.2. The van der Waals surface area contributed by atoms with E-state index in [0.29, 0.717) is 6.54 Å². The first-order valence-electron chi connectivity index (χ1n) is 8.26. The van der Waals surface area contributed by atoms with Gasteiger partial charge in [0.2, 0.25) is 0 Å². The minimum Gasteiger partial charge on any atom is -0.395 e. The van der Waals surface area contributed by atoms with Crippen molar-refractivity contribution in [3.63, 3.8) is 0 Å². The molecule has 0 bridgehead atoms. The van der Waals surface area contributed by atoms with Gasteiger partial charge in [-0.1, -0.05) is 55.0 Å². The number of aliphatic hydroxyl groups is 1. The van der Waals surface area contributed by atoms with Crippen molar-refractivity contribution in [1.82, 2.24) is 10.0 Å². The monoisotopic (exact) mass is 346 g/mol. The van der Waals surface area contributed by atoms with E-state index in [9.17, 15) is 9.32 Å². The molecule has 2 aromatic carbocycles. The zero-order valence-corrected chi connectivity index (χ0v) is 15.1. The molecule has 4 nitrogen and oxygen atoms in total. The van der Waals surface area contributed by atoms with Crippen molar-refractivity contribution in [2.75, 3.05) is 6.61 Å². The highest BCUT2D eigenvalue weighted by molar-refractivity contribution is 7.83. The van der Waals surface area contributed by atoms with E-state index in [1.165, 1.54) is 0 Å². The number of hydrogen-bond acceptors (Lipinski definition) is 3. The SMILES string of the molecule is CC[C@@H](N[S@@](=O)c1ccc(C)cc1)[C@@H](CO)NCc1ccccc1. The van der Waals surface area contributed by atoms with Crippen LogP contribution in [0.1, 0.15) is 24.5 Å². The van der Waals surface area contributed by atoms with Crippen molar-refractivity contribution < 1.29 is 9.32 Å². The van der Waals surface area contributed by atoms with E-state index < -0.39 is 11.0 Å². The molecule has 2 rings (SSSR count). The maximum Gasteiger partial charge on any atom is 0.125 e. The van der Waals surface area contributed by atoms with Crippen LogP contribution in [0.5, 0.6) is 0 Å². The molecule has 0 aliphatic carbocycles. The van der Waals surface area contributed by atoms with Crippen molar-refractivity contribution in [1.29, 1.82) is 0 Å². The Labute approximate surface area is 146 Å². The van der Waals surface area contributed by atoms with E-state index in [2.05, 4.69) is 10.0 Å². The van der Waals surface area contributed by atoms with Gasteiger partial charge in [-0.3, -0.25) is 0 Å². The van der Waals surface area contributed by atoms with Gasteiger partial charge in [0.1, 0.15) is 11.0 Å². The molecule has 0 unspecified atom stereocenters. The van der Waals surface area contributed by atoms with Crippen LogP contribution in [0.4, 0.5) is 0 Å². The first-order chi connectivity index (χ1) is 11.6. The highest BCUT2D eigenvalue weighted by atomic mass is 32.2. The first kappa shape index (κ1) is 18.8. The minimum absolute atomic E-state index is 0.0105. The Morgan fingerprint density at radius 1 is 1.04 bits per heavy atom. The lowest BCUT2D eigenvalue weighted by Crippen LogP contribution is -2.50. The molecule has 0 aliphatic heterocycles. The van der Waals surface area contributed by atoms with Gasteiger partial charge in [0.25, 0.3) is 0 Å². The molecule has 3 N–H and O–H groups in total. The fraction of sp³-hybridized carbons (Fsp3) is 0.368. The molecule has 0 saturated heterocycles. The molecule has 3 atom stereocenters. The zero-order chi connectivity index (χ0) is 17.4. The van der Waals surface area contributed by atoms with Crippen molar-refractivity contribution in [3.8, 4) is 0 Å². The molecular formula is C19H26N2O2S. The number of rotatable bonds is 9. The lowest BCUT2D eigenvalue weighted by molar-refractivity contribution is 0.215. The molecule has 0 spiro atoms. The Morgan fingerprint density at radius 2 is 1.71 bits per heavy atom. The molecule has 130 valence electrons. The van der Waals surface area contributed by atoms with Gasteiger partial charge in [-0.15, -0.1) is 0 Å². The molecular weight excluding hydrogens is 320 g/mol. The molecule has 0 amide bonds. The molecule has 0 radical (unpaired) electrons. The van der Waals surface area contributed by atoms with Crippen LogP contribution in [0.3, 0.4) is 0 Å². The second-order valence-electron chi connectivity index (χ2n) is 5.87. The minimum atomic E-state index is -1.29. The van der Waals surface area contributed by atoms with Gasteiger partial charge in [0.15, 0.2) is 0 Å². The number of nitrogens with one attached hydrogen (secondary N) is 2. The lowest BCUT2D eigenvalue weighted by Gasteiger charge is -2.26. The molecule has 2 aromatic rings. The summed E-state index contributed by atoms with van der Waals surface area (Å²) in [5.41, 5.74) is 2.30. The second kappa shape index (κ2) is 9.69. The lowest BCUT2D eigenvalue weighted by atomic mass is 10.1. The summed E-state index contributed by atoms with van der Waals surface area (Å²) >= 11 is 0. The summed E-state index contributed by atoms with van der Waals surface area (Å²) in [6, 6.07) is 17.5. The second-order valence-corrected chi connectivity index (χ2v) is 7.11. The van der Waals surface area contributed by atoms with Gasteiger partial charge in [-0.25, -0.2) is 8.93 Å². The molecule has 0 heterocycles. The van der Waals surface area contributed by atoms with Gasteiger partial charge < -0.3 is 10.4 Å². The van der Waals surface area contributed by atoms with Crippen LogP contribution >= 0.6 is 0 Å². The average molecular weight is 346 g/mol. The smallest absolute Gasteiger partial charge is 0.125 e. The van der Waals surface area contributed by atoms with Gasteiger partial charge in [-0.05, 0) is 31.0 Å². The van der Waals surface area contributed by atoms with Gasteiger partial charge in [0.05, 0.1) is 11.5 Å². The molecule has 0 fully saturated rings. The molecule has 24 heavy (non-hydrogen) atoms. The third-order valence-corrected chi connectivity index (χ3v) is 5.24. The Kier molecular flexibility index (Phi) is 7.59.